The smallest absolute Gasteiger partial charge is 0.261 e. The molecule has 1 heterocycles. The highest BCUT2D eigenvalue weighted by Gasteiger charge is 2.50. The van der Waals surface area contributed by atoms with Gasteiger partial charge in [0.25, 0.3) is 15.0 Å². The average Bonchev–Trinajstić information content (AvgIpc) is 2.92. The quantitative estimate of drug-likeness (QED) is 0.742. The lowest BCUT2D eigenvalue weighted by Gasteiger charge is -2.47. The number of anilines is 2. The molecule has 0 atom stereocenters. The Balaban J connectivity index is 2.17. The summed E-state index contributed by atoms with van der Waals surface area (Å²) in [7, 11) is 5.19. The van der Waals surface area contributed by atoms with E-state index in [1.54, 1.807) is 18.0 Å². The van der Waals surface area contributed by atoms with Crippen molar-refractivity contribution in [3.05, 3.63) is 18.2 Å². The van der Waals surface area contributed by atoms with E-state index in [1.807, 2.05) is 11.9 Å². The number of fused-ring (bicyclic) bond motifs is 1. The Hall–Kier alpha value is -1.27. The molecule has 1 aromatic carbocycles. The van der Waals surface area contributed by atoms with Crippen LogP contribution in [0.25, 0.3) is 0 Å². The van der Waals surface area contributed by atoms with E-state index in [2.05, 4.69) is 0 Å². The highest BCUT2D eigenvalue weighted by molar-refractivity contribution is 8.13. The molecule has 0 bridgehead atoms. The Morgan fingerprint density at radius 3 is 2.33 bits per heavy atom. The topological polar surface area (TPSA) is 57.7 Å². The van der Waals surface area contributed by atoms with Crippen LogP contribution in [0.1, 0.15) is 25.7 Å². The molecule has 21 heavy (non-hydrogen) atoms. The van der Waals surface area contributed by atoms with Crippen LogP contribution in [0.4, 0.5) is 11.4 Å². The number of carbonyl (C=O) groups excluding carboxylic acids is 1. The van der Waals surface area contributed by atoms with Crippen LogP contribution in [-0.2, 0) is 13.8 Å². The van der Waals surface area contributed by atoms with Crippen molar-refractivity contribution in [1.82, 2.24) is 0 Å². The fraction of sp³-hybridized carbons (Fsp3) is 0.500. The van der Waals surface area contributed by atoms with Crippen LogP contribution in [0.2, 0.25) is 0 Å². The summed E-state index contributed by atoms with van der Waals surface area (Å²) in [4.78, 5) is 16.4. The van der Waals surface area contributed by atoms with Gasteiger partial charge in [-0.2, -0.15) is 0 Å². The SMILES string of the molecule is CN1C(=O)C2(CCCC2)N(C)c2ccc(S(=O)(=O)Cl)cc21. The molecular weight excluding hydrogens is 312 g/mol. The summed E-state index contributed by atoms with van der Waals surface area (Å²) in [5, 5.41) is 0. The lowest BCUT2D eigenvalue weighted by molar-refractivity contribution is -0.123. The van der Waals surface area contributed by atoms with Crippen molar-refractivity contribution >= 4 is 37.0 Å². The standard InChI is InChI=1S/C14H17ClN2O3S/c1-16-12-9-10(21(15,19)20)5-6-11(12)17(2)14(13(16)18)7-3-4-8-14/h5-6,9H,3-4,7-8H2,1-2H3. The second kappa shape index (κ2) is 4.61. The van der Waals surface area contributed by atoms with Crippen molar-refractivity contribution in [2.24, 2.45) is 0 Å². The van der Waals surface area contributed by atoms with Crippen molar-refractivity contribution in [3.8, 4) is 0 Å². The van der Waals surface area contributed by atoms with Gasteiger partial charge in [0, 0.05) is 24.8 Å². The zero-order valence-electron chi connectivity index (χ0n) is 12.0. The first-order valence-electron chi connectivity index (χ1n) is 6.88. The van der Waals surface area contributed by atoms with E-state index in [1.165, 1.54) is 12.1 Å². The third kappa shape index (κ3) is 2.04. The Morgan fingerprint density at radius 1 is 1.14 bits per heavy atom. The summed E-state index contributed by atoms with van der Waals surface area (Å²) in [5.74, 6) is 0.0270. The number of nitrogens with zero attached hydrogens (tertiary/aromatic N) is 2. The fourth-order valence-corrected chi connectivity index (χ4v) is 4.28. The van der Waals surface area contributed by atoms with Crippen LogP contribution >= 0.6 is 10.7 Å². The molecule has 7 heteroatoms. The first-order chi connectivity index (χ1) is 9.77. The van der Waals surface area contributed by atoms with Crippen LogP contribution in [0.3, 0.4) is 0 Å². The Bertz CT molecular complexity index is 711. The predicted molar refractivity (Wildman–Crippen MR) is 82.5 cm³/mol. The predicted octanol–water partition coefficient (Wildman–Crippen LogP) is 2.34. The minimum absolute atomic E-state index is 0.0124. The summed E-state index contributed by atoms with van der Waals surface area (Å²) in [6.45, 7) is 0. The molecule has 1 spiro atoms. The lowest BCUT2D eigenvalue weighted by atomic mass is 9.90. The van der Waals surface area contributed by atoms with Gasteiger partial charge in [0.2, 0.25) is 0 Å². The zero-order valence-corrected chi connectivity index (χ0v) is 13.5. The molecule has 2 aliphatic rings. The number of hydrogen-bond donors (Lipinski definition) is 0. The fourth-order valence-electron chi connectivity index (χ4n) is 3.51. The van der Waals surface area contributed by atoms with Crippen molar-refractivity contribution in [2.75, 3.05) is 23.9 Å². The van der Waals surface area contributed by atoms with Gasteiger partial charge in [-0.05, 0) is 31.0 Å². The zero-order chi connectivity index (χ0) is 15.4. The summed E-state index contributed by atoms with van der Waals surface area (Å²) < 4.78 is 23.0. The molecule has 1 aliphatic carbocycles. The Labute approximate surface area is 128 Å². The number of halogens is 1. The van der Waals surface area contributed by atoms with Gasteiger partial charge in [-0.3, -0.25) is 4.79 Å². The van der Waals surface area contributed by atoms with E-state index >= 15 is 0 Å². The first kappa shape index (κ1) is 14.7. The number of benzene rings is 1. The third-order valence-corrected chi connectivity index (χ3v) is 6.08. The van der Waals surface area contributed by atoms with Gasteiger partial charge in [0.15, 0.2) is 0 Å². The number of rotatable bonds is 1. The van der Waals surface area contributed by atoms with Crippen molar-refractivity contribution < 1.29 is 13.2 Å². The molecule has 1 fully saturated rings. The normalized spacial score (nSPS) is 21.0. The molecule has 0 radical (unpaired) electrons. The monoisotopic (exact) mass is 328 g/mol. The van der Waals surface area contributed by atoms with E-state index in [4.69, 9.17) is 10.7 Å². The molecule has 1 saturated carbocycles. The van der Waals surface area contributed by atoms with E-state index < -0.39 is 14.6 Å². The lowest BCUT2D eigenvalue weighted by Crippen LogP contribution is -2.60. The van der Waals surface area contributed by atoms with Crippen LogP contribution in [0.5, 0.6) is 0 Å². The summed E-state index contributed by atoms with van der Waals surface area (Å²) >= 11 is 0. The van der Waals surface area contributed by atoms with Crippen molar-refractivity contribution in [1.29, 1.82) is 0 Å². The molecule has 0 unspecified atom stereocenters. The Kier molecular flexibility index (Phi) is 3.22. The minimum atomic E-state index is -3.81. The van der Waals surface area contributed by atoms with E-state index in [9.17, 15) is 13.2 Å². The number of hydrogen-bond acceptors (Lipinski definition) is 4. The van der Waals surface area contributed by atoms with Gasteiger partial charge in [0.05, 0.1) is 16.3 Å². The van der Waals surface area contributed by atoms with Gasteiger partial charge in [-0.15, -0.1) is 0 Å². The van der Waals surface area contributed by atoms with Gasteiger partial charge >= 0.3 is 0 Å². The van der Waals surface area contributed by atoms with E-state index in [0.29, 0.717) is 5.69 Å². The van der Waals surface area contributed by atoms with Crippen LogP contribution in [-0.4, -0.2) is 34.0 Å². The average molecular weight is 329 g/mol. The van der Waals surface area contributed by atoms with Gasteiger partial charge in [0.1, 0.15) is 5.54 Å². The summed E-state index contributed by atoms with van der Waals surface area (Å²) in [6.07, 6.45) is 3.74. The molecule has 1 amide bonds. The van der Waals surface area contributed by atoms with Gasteiger partial charge < -0.3 is 9.80 Å². The van der Waals surface area contributed by atoms with Crippen molar-refractivity contribution in [3.63, 3.8) is 0 Å². The van der Waals surface area contributed by atoms with Gasteiger partial charge in [-0.25, -0.2) is 8.42 Å². The van der Waals surface area contributed by atoms with E-state index in [-0.39, 0.29) is 10.8 Å². The maximum Gasteiger partial charge on any atom is 0.261 e. The molecule has 0 aromatic heterocycles. The van der Waals surface area contributed by atoms with E-state index in [0.717, 1.165) is 31.4 Å². The molecule has 3 rings (SSSR count). The molecule has 0 saturated heterocycles. The number of carbonyl (C=O) groups is 1. The largest absolute Gasteiger partial charge is 0.358 e. The highest BCUT2D eigenvalue weighted by Crippen LogP contribution is 2.46. The highest BCUT2D eigenvalue weighted by atomic mass is 35.7. The summed E-state index contributed by atoms with van der Waals surface area (Å²) in [6, 6.07) is 4.69. The van der Waals surface area contributed by atoms with Crippen molar-refractivity contribution in [2.45, 2.75) is 36.1 Å². The van der Waals surface area contributed by atoms with Gasteiger partial charge in [-0.1, -0.05) is 12.8 Å². The number of likely N-dealkylation sites (N-methyl/N-ethyl adjacent to an activating group) is 2. The minimum Gasteiger partial charge on any atom is -0.358 e. The second-order valence-corrected chi connectivity index (χ2v) is 8.32. The summed E-state index contributed by atoms with van der Waals surface area (Å²) in [5.41, 5.74) is 0.966. The molecule has 0 N–H and O–H groups in total. The molecule has 114 valence electrons. The third-order valence-electron chi connectivity index (χ3n) is 4.73. The van der Waals surface area contributed by atoms with Crippen LogP contribution in [0, 0.1) is 0 Å². The Morgan fingerprint density at radius 2 is 1.76 bits per heavy atom. The molecule has 5 nitrogen and oxygen atoms in total. The maximum absolute atomic E-state index is 12.8. The van der Waals surface area contributed by atoms with Crippen LogP contribution in [0.15, 0.2) is 23.1 Å². The molecule has 1 aliphatic heterocycles. The van der Waals surface area contributed by atoms with Crippen LogP contribution < -0.4 is 9.80 Å². The first-order valence-corrected chi connectivity index (χ1v) is 9.19. The second-order valence-electron chi connectivity index (χ2n) is 5.75. The number of amides is 1. The maximum atomic E-state index is 12.8. The molecule has 1 aromatic rings. The molecular formula is C14H17ClN2O3S.